The molecule has 0 saturated carbocycles. The van der Waals surface area contributed by atoms with E-state index >= 15 is 0 Å². The molecule has 0 aliphatic carbocycles. The minimum Gasteiger partial charge on any atom is -0.493 e. The maximum atomic E-state index is 12.0. The van der Waals surface area contributed by atoms with Crippen LogP contribution in [0, 0.1) is 0 Å². The Morgan fingerprint density at radius 1 is 1.14 bits per heavy atom. The summed E-state index contributed by atoms with van der Waals surface area (Å²) in [6, 6.07) is 11.6. The zero-order chi connectivity index (χ0) is 20.3. The molecule has 0 spiro atoms. The van der Waals surface area contributed by atoms with Gasteiger partial charge in [-0.2, -0.15) is 0 Å². The number of amides is 2. The Morgan fingerprint density at radius 2 is 1.86 bits per heavy atom. The first kappa shape index (κ1) is 19.5. The summed E-state index contributed by atoms with van der Waals surface area (Å²) < 4.78 is 11.1. The monoisotopic (exact) mass is 399 g/mol. The van der Waals surface area contributed by atoms with Crippen molar-refractivity contribution in [2.45, 2.75) is 6.61 Å². The number of benzene rings is 2. The Kier molecular flexibility index (Phi) is 5.70. The van der Waals surface area contributed by atoms with Crippen molar-refractivity contribution in [2.75, 3.05) is 14.2 Å². The number of aromatic carboxylic acids is 1. The average molecular weight is 399 g/mol. The van der Waals surface area contributed by atoms with Crippen LogP contribution in [0.1, 0.15) is 21.5 Å². The van der Waals surface area contributed by atoms with Crippen molar-refractivity contribution >= 4 is 35.0 Å². The zero-order valence-corrected chi connectivity index (χ0v) is 16.0. The molecule has 0 unspecified atom stereocenters. The van der Waals surface area contributed by atoms with Gasteiger partial charge in [0.2, 0.25) is 0 Å². The fourth-order valence-corrected chi connectivity index (χ4v) is 3.32. The highest BCUT2D eigenvalue weighted by Gasteiger charge is 2.31. The summed E-state index contributed by atoms with van der Waals surface area (Å²) >= 11 is 0.890. The molecule has 1 aliphatic heterocycles. The van der Waals surface area contributed by atoms with Gasteiger partial charge in [-0.1, -0.05) is 18.2 Å². The number of imide groups is 1. The van der Waals surface area contributed by atoms with E-state index in [1.807, 2.05) is 0 Å². The molecule has 0 bridgehead atoms. The maximum absolute atomic E-state index is 12.0. The summed E-state index contributed by atoms with van der Waals surface area (Å²) in [4.78, 5) is 35.9. The standard InChI is InChI=1S/C20H17NO6S/c1-21-18(22)17(28-20(21)25)10-13-5-8-15(16(9-13)26-2)27-11-12-3-6-14(7-4-12)19(23)24/h3-10H,11H2,1-2H3,(H,23,24)/b17-10-. The van der Waals surface area contributed by atoms with Crippen LogP contribution in [0.15, 0.2) is 47.4 Å². The molecular formula is C20H17NO6S. The lowest BCUT2D eigenvalue weighted by Crippen LogP contribution is -2.22. The Balaban J connectivity index is 1.74. The number of carbonyl (C=O) groups excluding carboxylic acids is 2. The fraction of sp³-hybridized carbons (Fsp3) is 0.150. The average Bonchev–Trinajstić information content (AvgIpc) is 2.93. The molecule has 0 radical (unpaired) electrons. The quantitative estimate of drug-likeness (QED) is 0.741. The van der Waals surface area contributed by atoms with Crippen LogP contribution in [0.3, 0.4) is 0 Å². The van der Waals surface area contributed by atoms with Gasteiger partial charge in [-0.3, -0.25) is 14.5 Å². The third-order valence-corrected chi connectivity index (χ3v) is 5.03. The molecular weight excluding hydrogens is 382 g/mol. The SMILES string of the molecule is COc1cc(/C=C2\SC(=O)N(C)C2=O)ccc1OCc1ccc(C(=O)O)cc1. The van der Waals surface area contributed by atoms with E-state index in [9.17, 15) is 14.4 Å². The highest BCUT2D eigenvalue weighted by molar-refractivity contribution is 8.18. The molecule has 1 heterocycles. The molecule has 8 heteroatoms. The van der Waals surface area contributed by atoms with Crippen LogP contribution in [0.4, 0.5) is 4.79 Å². The van der Waals surface area contributed by atoms with Crippen LogP contribution in [0.2, 0.25) is 0 Å². The van der Waals surface area contributed by atoms with E-state index in [4.69, 9.17) is 14.6 Å². The first-order chi connectivity index (χ1) is 13.4. The molecule has 7 nitrogen and oxygen atoms in total. The number of methoxy groups -OCH3 is 1. The molecule has 144 valence electrons. The number of carboxylic acid groups (broad SMARTS) is 1. The van der Waals surface area contributed by atoms with Crippen LogP contribution < -0.4 is 9.47 Å². The van der Waals surface area contributed by atoms with Crippen molar-refractivity contribution in [3.8, 4) is 11.5 Å². The van der Waals surface area contributed by atoms with E-state index in [0.29, 0.717) is 22.0 Å². The highest BCUT2D eigenvalue weighted by Crippen LogP contribution is 2.34. The lowest BCUT2D eigenvalue weighted by atomic mass is 10.1. The summed E-state index contributed by atoms with van der Waals surface area (Å²) in [6.07, 6.45) is 1.63. The maximum Gasteiger partial charge on any atom is 0.335 e. The van der Waals surface area contributed by atoms with Crippen LogP contribution >= 0.6 is 11.8 Å². The summed E-state index contributed by atoms with van der Waals surface area (Å²) in [5.74, 6) is -0.332. The minimum absolute atomic E-state index is 0.210. The van der Waals surface area contributed by atoms with Crippen molar-refractivity contribution in [1.82, 2.24) is 4.90 Å². The van der Waals surface area contributed by atoms with E-state index < -0.39 is 5.97 Å². The number of ether oxygens (including phenoxy) is 2. The Labute approximate surface area is 165 Å². The Hall–Kier alpha value is -3.26. The molecule has 2 aromatic rings. The van der Waals surface area contributed by atoms with E-state index in [0.717, 1.165) is 22.2 Å². The smallest absolute Gasteiger partial charge is 0.335 e. The predicted molar refractivity (Wildman–Crippen MR) is 104 cm³/mol. The van der Waals surface area contributed by atoms with Gasteiger partial charge < -0.3 is 14.6 Å². The lowest BCUT2D eigenvalue weighted by molar-refractivity contribution is -0.121. The molecule has 2 amide bonds. The lowest BCUT2D eigenvalue weighted by Gasteiger charge is -2.12. The van der Waals surface area contributed by atoms with Crippen molar-refractivity contribution in [3.63, 3.8) is 0 Å². The zero-order valence-electron chi connectivity index (χ0n) is 15.2. The Bertz CT molecular complexity index is 967. The van der Waals surface area contributed by atoms with E-state index in [-0.39, 0.29) is 23.3 Å². The number of thioether (sulfide) groups is 1. The second kappa shape index (κ2) is 8.18. The van der Waals surface area contributed by atoms with E-state index in [1.165, 1.54) is 26.3 Å². The number of rotatable bonds is 6. The van der Waals surface area contributed by atoms with Crippen molar-refractivity contribution in [1.29, 1.82) is 0 Å². The number of carbonyl (C=O) groups is 3. The van der Waals surface area contributed by atoms with Gasteiger partial charge in [0.05, 0.1) is 17.6 Å². The molecule has 28 heavy (non-hydrogen) atoms. The highest BCUT2D eigenvalue weighted by atomic mass is 32.2. The van der Waals surface area contributed by atoms with Crippen molar-refractivity contribution in [2.24, 2.45) is 0 Å². The van der Waals surface area contributed by atoms with E-state index in [1.54, 1.807) is 36.4 Å². The predicted octanol–water partition coefficient (Wildman–Crippen LogP) is 3.64. The molecule has 3 rings (SSSR count). The molecule has 2 aromatic carbocycles. The van der Waals surface area contributed by atoms with Crippen LogP contribution in [0.5, 0.6) is 11.5 Å². The third kappa shape index (κ3) is 4.17. The van der Waals surface area contributed by atoms with Crippen molar-refractivity contribution < 1.29 is 29.0 Å². The van der Waals surface area contributed by atoms with Crippen LogP contribution in [-0.4, -0.2) is 41.3 Å². The summed E-state index contributed by atoms with van der Waals surface area (Å²) in [5.41, 5.74) is 1.73. The van der Waals surface area contributed by atoms with E-state index in [2.05, 4.69) is 0 Å². The molecule has 1 saturated heterocycles. The summed E-state index contributed by atoms with van der Waals surface area (Å²) in [5, 5.41) is 8.62. The fourth-order valence-electron chi connectivity index (χ4n) is 2.49. The molecule has 1 aliphatic rings. The van der Waals surface area contributed by atoms with Gasteiger partial charge in [-0.15, -0.1) is 0 Å². The second-order valence-electron chi connectivity index (χ2n) is 5.94. The number of hydrogen-bond donors (Lipinski definition) is 1. The van der Waals surface area contributed by atoms with Crippen molar-refractivity contribution in [3.05, 3.63) is 64.1 Å². The van der Waals surface area contributed by atoms with Gasteiger partial charge in [0, 0.05) is 7.05 Å². The molecule has 1 N–H and O–H groups in total. The first-order valence-corrected chi connectivity index (χ1v) is 9.05. The molecule has 0 aromatic heterocycles. The summed E-state index contributed by atoms with van der Waals surface area (Å²) in [7, 11) is 2.95. The minimum atomic E-state index is -0.981. The van der Waals surface area contributed by atoms with Gasteiger partial charge in [0.1, 0.15) is 6.61 Å². The third-order valence-electron chi connectivity index (χ3n) is 4.07. The summed E-state index contributed by atoms with van der Waals surface area (Å²) in [6.45, 7) is 0.240. The normalized spacial score (nSPS) is 15.2. The topological polar surface area (TPSA) is 93.1 Å². The van der Waals surface area contributed by atoms with Gasteiger partial charge in [0.25, 0.3) is 11.1 Å². The number of likely N-dealkylation sites (N-methyl/N-ethyl adjacent to an activating group) is 1. The number of nitrogens with zero attached hydrogens (tertiary/aromatic N) is 1. The number of carboxylic acids is 1. The largest absolute Gasteiger partial charge is 0.493 e. The van der Waals surface area contributed by atoms with Gasteiger partial charge in [-0.05, 0) is 53.2 Å². The second-order valence-corrected chi connectivity index (χ2v) is 6.93. The Morgan fingerprint density at radius 3 is 2.43 bits per heavy atom. The first-order valence-electron chi connectivity index (χ1n) is 8.23. The molecule has 0 atom stereocenters. The van der Waals surface area contributed by atoms with Gasteiger partial charge in [-0.25, -0.2) is 4.79 Å². The van der Waals surface area contributed by atoms with Gasteiger partial charge >= 0.3 is 5.97 Å². The van der Waals surface area contributed by atoms with Crippen LogP contribution in [0.25, 0.3) is 6.08 Å². The number of hydrogen-bond acceptors (Lipinski definition) is 6. The molecule has 1 fully saturated rings. The van der Waals surface area contributed by atoms with Gasteiger partial charge in [0.15, 0.2) is 11.5 Å². The van der Waals surface area contributed by atoms with Crippen LogP contribution in [-0.2, 0) is 11.4 Å².